The number of aromatic nitrogens is 3. The molecule has 2 aromatic heterocycles. The van der Waals surface area contributed by atoms with Crippen molar-refractivity contribution in [3.63, 3.8) is 0 Å². The Hall–Kier alpha value is -2.35. The van der Waals surface area contributed by atoms with Gasteiger partial charge in [0.15, 0.2) is 5.13 Å². The van der Waals surface area contributed by atoms with E-state index in [-0.39, 0.29) is 17.5 Å². The number of carbonyl (C=O) groups excluding carboxylic acids is 2. The molecule has 1 N–H and O–H groups in total. The first kappa shape index (κ1) is 18.0. The first-order chi connectivity index (χ1) is 13.2. The number of thiazole rings is 1. The summed E-state index contributed by atoms with van der Waals surface area (Å²) in [6.07, 6.45) is 12.0. The van der Waals surface area contributed by atoms with Crippen LogP contribution in [0, 0.1) is 5.92 Å². The van der Waals surface area contributed by atoms with Gasteiger partial charge in [-0.15, -0.1) is 0 Å². The van der Waals surface area contributed by atoms with E-state index in [1.807, 2.05) is 4.90 Å². The van der Waals surface area contributed by atoms with Gasteiger partial charge in [-0.25, -0.2) is 9.97 Å². The zero-order chi connectivity index (χ0) is 18.6. The molecule has 0 spiro atoms. The lowest BCUT2D eigenvalue weighted by atomic mass is 10.0. The molecule has 3 heterocycles. The molecule has 0 aromatic carbocycles. The second-order valence-corrected chi connectivity index (χ2v) is 8.27. The van der Waals surface area contributed by atoms with E-state index in [1.165, 1.54) is 55.6 Å². The van der Waals surface area contributed by atoms with Gasteiger partial charge in [0.05, 0.1) is 18.4 Å². The molecule has 0 atom stereocenters. The molecule has 142 valence electrons. The van der Waals surface area contributed by atoms with Crippen LogP contribution < -0.4 is 5.32 Å². The fraction of sp³-hybridized carbons (Fsp3) is 0.526. The lowest BCUT2D eigenvalue weighted by molar-refractivity contribution is -0.132. The van der Waals surface area contributed by atoms with E-state index in [2.05, 4.69) is 20.3 Å². The van der Waals surface area contributed by atoms with E-state index in [0.717, 1.165) is 29.3 Å². The predicted molar refractivity (Wildman–Crippen MR) is 102 cm³/mol. The molecule has 8 heteroatoms. The van der Waals surface area contributed by atoms with E-state index in [4.69, 9.17) is 0 Å². The Morgan fingerprint density at radius 3 is 2.89 bits per heavy atom. The van der Waals surface area contributed by atoms with E-state index in [0.29, 0.717) is 24.6 Å². The fourth-order valence-corrected chi connectivity index (χ4v) is 4.84. The molecule has 1 saturated carbocycles. The minimum atomic E-state index is -0.321. The number of amides is 2. The number of nitrogens with one attached hydrogen (secondary N) is 1. The van der Waals surface area contributed by atoms with Crippen molar-refractivity contribution in [1.82, 2.24) is 19.9 Å². The van der Waals surface area contributed by atoms with E-state index < -0.39 is 0 Å². The maximum atomic E-state index is 12.6. The lowest BCUT2D eigenvalue weighted by Gasteiger charge is -2.26. The van der Waals surface area contributed by atoms with Crippen molar-refractivity contribution >= 4 is 28.3 Å². The molecule has 1 aliphatic carbocycles. The van der Waals surface area contributed by atoms with Gasteiger partial charge >= 0.3 is 0 Å². The highest BCUT2D eigenvalue weighted by atomic mass is 32.1. The van der Waals surface area contributed by atoms with Crippen molar-refractivity contribution in [3.8, 4) is 0 Å². The summed E-state index contributed by atoms with van der Waals surface area (Å²) < 4.78 is 0. The molecule has 1 aliphatic heterocycles. The van der Waals surface area contributed by atoms with Gasteiger partial charge in [0.2, 0.25) is 5.91 Å². The third kappa shape index (κ3) is 4.32. The molecular formula is C19H23N5O2S. The van der Waals surface area contributed by atoms with Gasteiger partial charge in [-0.2, -0.15) is 0 Å². The van der Waals surface area contributed by atoms with Crippen LogP contribution in [0.5, 0.6) is 0 Å². The Balaban J connectivity index is 1.34. The molecule has 0 saturated heterocycles. The van der Waals surface area contributed by atoms with Gasteiger partial charge in [-0.05, 0) is 12.3 Å². The Morgan fingerprint density at radius 2 is 2.11 bits per heavy atom. The summed E-state index contributed by atoms with van der Waals surface area (Å²) in [5, 5.41) is 3.34. The summed E-state index contributed by atoms with van der Waals surface area (Å²) in [6.45, 7) is 1.30. The van der Waals surface area contributed by atoms with Crippen LogP contribution in [-0.2, 0) is 17.8 Å². The average molecular weight is 385 g/mol. The van der Waals surface area contributed by atoms with Crippen molar-refractivity contribution in [1.29, 1.82) is 0 Å². The minimum absolute atomic E-state index is 0.242. The zero-order valence-electron chi connectivity index (χ0n) is 15.2. The molecule has 1 fully saturated rings. The molecule has 0 radical (unpaired) electrons. The second kappa shape index (κ2) is 8.12. The van der Waals surface area contributed by atoms with Gasteiger partial charge < -0.3 is 4.90 Å². The third-order valence-corrected chi connectivity index (χ3v) is 6.34. The number of fused-ring (bicyclic) bond motifs is 1. The Bertz CT molecular complexity index is 817. The van der Waals surface area contributed by atoms with Crippen LogP contribution in [0.4, 0.5) is 5.13 Å². The molecular weight excluding hydrogens is 362 g/mol. The van der Waals surface area contributed by atoms with Crippen LogP contribution in [0.2, 0.25) is 0 Å². The van der Waals surface area contributed by atoms with Gasteiger partial charge in [0.25, 0.3) is 5.91 Å². The normalized spacial score (nSPS) is 17.0. The van der Waals surface area contributed by atoms with Crippen molar-refractivity contribution in [2.75, 3.05) is 11.9 Å². The Kier molecular flexibility index (Phi) is 5.42. The molecule has 4 rings (SSSR count). The number of hydrogen-bond acceptors (Lipinski definition) is 6. The van der Waals surface area contributed by atoms with Crippen molar-refractivity contribution in [3.05, 3.63) is 34.9 Å². The standard InChI is InChI=1S/C19H23N5O2S/c25-17(6-5-13-3-1-2-4-13)24-10-7-14-16(12-24)27-19(22-14)23-18(26)15-11-20-8-9-21-15/h8-9,11,13H,1-7,10,12H2,(H,22,23,26). The van der Waals surface area contributed by atoms with Crippen LogP contribution in [0.1, 0.15) is 59.6 Å². The number of nitrogens with zero attached hydrogens (tertiary/aromatic N) is 4. The average Bonchev–Trinajstić information content (AvgIpc) is 3.35. The smallest absolute Gasteiger partial charge is 0.277 e. The quantitative estimate of drug-likeness (QED) is 0.855. The summed E-state index contributed by atoms with van der Waals surface area (Å²) in [5.41, 5.74) is 1.24. The summed E-state index contributed by atoms with van der Waals surface area (Å²) >= 11 is 1.44. The van der Waals surface area contributed by atoms with Crippen LogP contribution in [-0.4, -0.2) is 38.2 Å². The summed E-state index contributed by atoms with van der Waals surface area (Å²) in [5.74, 6) is 0.658. The first-order valence-electron chi connectivity index (χ1n) is 9.53. The number of anilines is 1. The van der Waals surface area contributed by atoms with Gasteiger partial charge in [0, 0.05) is 36.7 Å². The monoisotopic (exact) mass is 385 g/mol. The maximum Gasteiger partial charge on any atom is 0.277 e. The van der Waals surface area contributed by atoms with E-state index >= 15 is 0 Å². The molecule has 7 nitrogen and oxygen atoms in total. The number of rotatable bonds is 5. The highest BCUT2D eigenvalue weighted by Crippen LogP contribution is 2.31. The van der Waals surface area contributed by atoms with Crippen LogP contribution >= 0.6 is 11.3 Å². The molecule has 2 amide bonds. The number of hydrogen-bond donors (Lipinski definition) is 1. The van der Waals surface area contributed by atoms with Crippen molar-refractivity contribution in [2.24, 2.45) is 5.92 Å². The van der Waals surface area contributed by atoms with Crippen molar-refractivity contribution in [2.45, 2.75) is 51.5 Å². The molecule has 0 unspecified atom stereocenters. The molecule has 2 aromatic rings. The van der Waals surface area contributed by atoms with Crippen LogP contribution in [0.3, 0.4) is 0 Å². The Morgan fingerprint density at radius 1 is 1.26 bits per heavy atom. The van der Waals surface area contributed by atoms with Crippen LogP contribution in [0.25, 0.3) is 0 Å². The molecule has 27 heavy (non-hydrogen) atoms. The Labute approximate surface area is 162 Å². The SMILES string of the molecule is O=C(Nc1nc2c(s1)CN(C(=O)CCC1CCCC1)CC2)c1cnccn1. The lowest BCUT2D eigenvalue weighted by Crippen LogP contribution is -2.35. The summed E-state index contributed by atoms with van der Waals surface area (Å²) in [4.78, 5) is 40.2. The fourth-order valence-electron chi connectivity index (χ4n) is 3.82. The molecule has 2 aliphatic rings. The third-order valence-electron chi connectivity index (χ3n) is 5.34. The summed E-state index contributed by atoms with van der Waals surface area (Å²) in [7, 11) is 0. The van der Waals surface area contributed by atoms with Crippen molar-refractivity contribution < 1.29 is 9.59 Å². The highest BCUT2D eigenvalue weighted by Gasteiger charge is 2.25. The summed E-state index contributed by atoms with van der Waals surface area (Å²) in [6, 6.07) is 0. The van der Waals surface area contributed by atoms with E-state index in [1.54, 1.807) is 0 Å². The second-order valence-electron chi connectivity index (χ2n) is 7.19. The first-order valence-corrected chi connectivity index (χ1v) is 10.3. The predicted octanol–water partition coefficient (Wildman–Crippen LogP) is 3.04. The minimum Gasteiger partial charge on any atom is -0.337 e. The molecule has 0 bridgehead atoms. The highest BCUT2D eigenvalue weighted by molar-refractivity contribution is 7.15. The van der Waals surface area contributed by atoms with Gasteiger partial charge in [0.1, 0.15) is 5.69 Å². The van der Waals surface area contributed by atoms with Crippen LogP contribution in [0.15, 0.2) is 18.6 Å². The zero-order valence-corrected chi connectivity index (χ0v) is 16.0. The van der Waals surface area contributed by atoms with Gasteiger partial charge in [-0.3, -0.25) is 19.9 Å². The largest absolute Gasteiger partial charge is 0.337 e. The maximum absolute atomic E-state index is 12.6. The topological polar surface area (TPSA) is 88.1 Å². The van der Waals surface area contributed by atoms with Gasteiger partial charge in [-0.1, -0.05) is 37.0 Å². The number of carbonyl (C=O) groups is 2. The van der Waals surface area contributed by atoms with E-state index in [9.17, 15) is 9.59 Å².